The molecule has 0 radical (unpaired) electrons. The summed E-state index contributed by atoms with van der Waals surface area (Å²) in [4.78, 5) is 36.0. The van der Waals surface area contributed by atoms with Crippen LogP contribution < -0.4 is 0 Å². The zero-order valence-corrected chi connectivity index (χ0v) is 30.5. The molecule has 0 aromatic heterocycles. The van der Waals surface area contributed by atoms with Crippen LogP contribution in [0, 0.1) is 5.92 Å². The first-order chi connectivity index (χ1) is 23.0. The van der Waals surface area contributed by atoms with Gasteiger partial charge in [-0.2, -0.15) is 0 Å². The number of unbranched alkanes of at least 4 members (excludes halogenated alkanes) is 18. The van der Waals surface area contributed by atoms with Crippen molar-refractivity contribution in [3.05, 3.63) is 24.3 Å². The van der Waals surface area contributed by atoms with Crippen LogP contribution in [0.15, 0.2) is 24.3 Å². The third-order valence-electron chi connectivity index (χ3n) is 8.32. The molecule has 7 heteroatoms. The van der Waals surface area contributed by atoms with E-state index >= 15 is 0 Å². The van der Waals surface area contributed by atoms with E-state index in [-0.39, 0.29) is 37.7 Å². The van der Waals surface area contributed by atoms with Gasteiger partial charge in [0.25, 0.3) is 0 Å². The molecule has 0 aliphatic carbocycles. The number of hydrogen-bond acceptors (Lipinski definition) is 7. The SMILES string of the molecule is CCCCCC=CCC=CCCCCCCCC(=O)OCC(CO)COC(=O)CCCCCCCCC(=O)OCCCCCCCC. The van der Waals surface area contributed by atoms with Crippen LogP contribution >= 0.6 is 0 Å². The van der Waals surface area contributed by atoms with Crippen molar-refractivity contribution in [1.82, 2.24) is 0 Å². The second-order valence-corrected chi connectivity index (χ2v) is 13.0. The van der Waals surface area contributed by atoms with E-state index in [1.54, 1.807) is 0 Å². The number of aliphatic hydroxyl groups is 1. The lowest BCUT2D eigenvalue weighted by molar-refractivity contribution is -0.150. The van der Waals surface area contributed by atoms with Crippen molar-refractivity contribution in [1.29, 1.82) is 0 Å². The number of aliphatic hydroxyl groups excluding tert-OH is 1. The number of carbonyl (C=O) groups excluding carboxylic acids is 3. The Morgan fingerprint density at radius 3 is 1.36 bits per heavy atom. The highest BCUT2D eigenvalue weighted by atomic mass is 16.5. The van der Waals surface area contributed by atoms with E-state index in [0.717, 1.165) is 83.5 Å². The van der Waals surface area contributed by atoms with Gasteiger partial charge >= 0.3 is 17.9 Å². The number of esters is 3. The van der Waals surface area contributed by atoms with Crippen molar-refractivity contribution in [2.75, 3.05) is 26.4 Å². The molecule has 0 amide bonds. The third kappa shape index (κ3) is 35.0. The molecule has 0 bridgehead atoms. The topological polar surface area (TPSA) is 99.1 Å². The molecule has 0 spiro atoms. The van der Waals surface area contributed by atoms with Gasteiger partial charge in [0.15, 0.2) is 0 Å². The molecule has 0 saturated carbocycles. The average Bonchev–Trinajstić information content (AvgIpc) is 3.07. The fourth-order valence-electron chi connectivity index (χ4n) is 5.19. The Bertz CT molecular complexity index is 777. The first kappa shape index (κ1) is 44.9. The van der Waals surface area contributed by atoms with Crippen molar-refractivity contribution >= 4 is 17.9 Å². The van der Waals surface area contributed by atoms with Gasteiger partial charge in [-0.25, -0.2) is 0 Å². The van der Waals surface area contributed by atoms with Crippen LogP contribution in [0.1, 0.15) is 181 Å². The van der Waals surface area contributed by atoms with Gasteiger partial charge in [0.1, 0.15) is 0 Å². The van der Waals surface area contributed by atoms with Gasteiger partial charge in [-0.05, 0) is 57.8 Å². The van der Waals surface area contributed by atoms with Gasteiger partial charge in [0.2, 0.25) is 0 Å². The Labute approximate surface area is 288 Å². The highest BCUT2D eigenvalue weighted by Crippen LogP contribution is 2.12. The van der Waals surface area contributed by atoms with Gasteiger partial charge < -0.3 is 19.3 Å². The minimum atomic E-state index is -0.398. The lowest BCUT2D eigenvalue weighted by atomic mass is 10.1. The van der Waals surface area contributed by atoms with Gasteiger partial charge in [0, 0.05) is 19.3 Å². The molecular formula is C40H72O7. The van der Waals surface area contributed by atoms with Crippen molar-refractivity contribution < 1.29 is 33.7 Å². The summed E-state index contributed by atoms with van der Waals surface area (Å²) in [6.45, 7) is 4.91. The highest BCUT2D eigenvalue weighted by molar-refractivity contribution is 5.70. The van der Waals surface area contributed by atoms with Crippen LogP contribution in [0.4, 0.5) is 0 Å². The molecule has 0 rings (SSSR count). The molecule has 0 aromatic rings. The van der Waals surface area contributed by atoms with E-state index in [4.69, 9.17) is 14.2 Å². The molecule has 1 N–H and O–H groups in total. The molecule has 0 aliphatic heterocycles. The van der Waals surface area contributed by atoms with Crippen LogP contribution in [-0.4, -0.2) is 49.4 Å². The first-order valence-corrected chi connectivity index (χ1v) is 19.4. The quantitative estimate of drug-likeness (QED) is 0.0311. The van der Waals surface area contributed by atoms with Crippen LogP contribution in [0.25, 0.3) is 0 Å². The van der Waals surface area contributed by atoms with Crippen LogP contribution in [0.5, 0.6) is 0 Å². The molecule has 7 nitrogen and oxygen atoms in total. The molecule has 0 aromatic carbocycles. The molecule has 0 saturated heterocycles. The summed E-state index contributed by atoms with van der Waals surface area (Å²) in [5, 5.41) is 9.59. The smallest absolute Gasteiger partial charge is 0.305 e. The van der Waals surface area contributed by atoms with E-state index < -0.39 is 5.92 Å². The molecule has 47 heavy (non-hydrogen) atoms. The van der Waals surface area contributed by atoms with Crippen molar-refractivity contribution in [2.45, 2.75) is 181 Å². The van der Waals surface area contributed by atoms with E-state index in [0.29, 0.717) is 25.9 Å². The predicted octanol–water partition coefficient (Wildman–Crippen LogP) is 10.5. The maximum Gasteiger partial charge on any atom is 0.305 e. The lowest BCUT2D eigenvalue weighted by Gasteiger charge is -2.15. The van der Waals surface area contributed by atoms with Crippen LogP contribution in [-0.2, 0) is 28.6 Å². The number of ether oxygens (including phenoxy) is 3. The molecule has 0 heterocycles. The second-order valence-electron chi connectivity index (χ2n) is 13.0. The average molecular weight is 665 g/mol. The van der Waals surface area contributed by atoms with E-state index in [1.807, 2.05) is 0 Å². The summed E-state index contributed by atoms with van der Waals surface area (Å²) in [6.07, 6.45) is 35.5. The fourth-order valence-corrected chi connectivity index (χ4v) is 5.19. The number of rotatable bonds is 35. The van der Waals surface area contributed by atoms with E-state index in [1.165, 1.54) is 64.2 Å². The summed E-state index contributed by atoms with van der Waals surface area (Å²) in [5.41, 5.74) is 0. The summed E-state index contributed by atoms with van der Waals surface area (Å²) < 4.78 is 15.9. The summed E-state index contributed by atoms with van der Waals surface area (Å²) in [6, 6.07) is 0. The van der Waals surface area contributed by atoms with Gasteiger partial charge in [0.05, 0.1) is 32.3 Å². The van der Waals surface area contributed by atoms with Gasteiger partial charge in [-0.1, -0.05) is 128 Å². The maximum atomic E-state index is 12.1. The van der Waals surface area contributed by atoms with Crippen molar-refractivity contribution in [3.63, 3.8) is 0 Å². The van der Waals surface area contributed by atoms with Crippen LogP contribution in [0.3, 0.4) is 0 Å². The minimum Gasteiger partial charge on any atom is -0.466 e. The standard InChI is InChI=1S/C40H72O7/c1-3-5-7-9-11-12-13-14-15-16-17-18-19-22-27-31-39(43)46-35-37(34-41)36-47-40(44)32-28-24-21-20-23-26-30-38(42)45-33-29-25-10-8-6-4-2/h11-12,14-15,37,41H,3-10,13,16-36H2,1-2H3. The molecule has 0 aliphatic rings. The Morgan fingerprint density at radius 2 is 0.872 bits per heavy atom. The summed E-state index contributed by atoms with van der Waals surface area (Å²) >= 11 is 0. The molecular weight excluding hydrogens is 592 g/mol. The predicted molar refractivity (Wildman–Crippen MR) is 193 cm³/mol. The highest BCUT2D eigenvalue weighted by Gasteiger charge is 2.14. The Hall–Kier alpha value is -2.15. The Balaban J connectivity index is 3.61. The Kier molecular flexibility index (Phi) is 35.0. The van der Waals surface area contributed by atoms with Crippen LogP contribution in [0.2, 0.25) is 0 Å². The maximum absolute atomic E-state index is 12.1. The van der Waals surface area contributed by atoms with Gasteiger partial charge in [-0.15, -0.1) is 0 Å². The van der Waals surface area contributed by atoms with E-state index in [9.17, 15) is 19.5 Å². The van der Waals surface area contributed by atoms with Gasteiger partial charge in [-0.3, -0.25) is 14.4 Å². The number of carbonyl (C=O) groups is 3. The Morgan fingerprint density at radius 1 is 0.489 bits per heavy atom. The normalized spacial score (nSPS) is 12.1. The molecule has 1 unspecified atom stereocenters. The molecule has 0 fully saturated rings. The fraction of sp³-hybridized carbons (Fsp3) is 0.825. The van der Waals surface area contributed by atoms with Crippen molar-refractivity contribution in [2.24, 2.45) is 5.92 Å². The molecule has 274 valence electrons. The zero-order valence-electron chi connectivity index (χ0n) is 30.5. The van der Waals surface area contributed by atoms with Crippen molar-refractivity contribution in [3.8, 4) is 0 Å². The number of hydrogen-bond donors (Lipinski definition) is 1. The lowest BCUT2D eigenvalue weighted by Crippen LogP contribution is -2.23. The summed E-state index contributed by atoms with van der Waals surface area (Å²) in [7, 11) is 0. The number of allylic oxidation sites excluding steroid dienone is 4. The largest absolute Gasteiger partial charge is 0.466 e. The molecule has 1 atom stereocenters. The minimum absolute atomic E-state index is 0.0568. The second kappa shape index (κ2) is 36.7. The monoisotopic (exact) mass is 665 g/mol. The first-order valence-electron chi connectivity index (χ1n) is 19.4. The third-order valence-corrected chi connectivity index (χ3v) is 8.32. The summed E-state index contributed by atoms with van der Waals surface area (Å²) in [5.74, 6) is -1.03. The van der Waals surface area contributed by atoms with E-state index in [2.05, 4.69) is 38.2 Å². The zero-order chi connectivity index (χ0) is 34.5.